The number of aromatic amines is 1. The van der Waals surface area contributed by atoms with Crippen LogP contribution in [0.5, 0.6) is 0 Å². The molecule has 2 aliphatic rings. The molecule has 7 nitrogen and oxygen atoms in total. The van der Waals surface area contributed by atoms with Gasteiger partial charge in [0, 0.05) is 61.8 Å². The predicted octanol–water partition coefficient (Wildman–Crippen LogP) is 2.76. The number of fused-ring (bicyclic) bond motifs is 1. The molecule has 1 aromatic heterocycles. The van der Waals surface area contributed by atoms with Gasteiger partial charge >= 0.3 is 0 Å². The minimum atomic E-state index is -0.219. The normalized spacial score (nSPS) is 20.8. The Bertz CT molecular complexity index is 865. The van der Waals surface area contributed by atoms with Crippen LogP contribution in [0.3, 0.4) is 0 Å². The summed E-state index contributed by atoms with van der Waals surface area (Å²) in [6, 6.07) is 5.27. The molecule has 32 heavy (non-hydrogen) atoms. The van der Waals surface area contributed by atoms with Gasteiger partial charge in [0.05, 0.1) is 26.4 Å². The van der Waals surface area contributed by atoms with Gasteiger partial charge in [-0.3, -0.25) is 9.89 Å². The second kappa shape index (κ2) is 12.7. The van der Waals surface area contributed by atoms with E-state index in [-0.39, 0.29) is 29.8 Å². The lowest BCUT2D eigenvalue weighted by molar-refractivity contribution is 0.00368. The molecule has 0 radical (unpaired) electrons. The van der Waals surface area contributed by atoms with Crippen LogP contribution in [0.25, 0.3) is 10.9 Å². The Morgan fingerprint density at radius 3 is 2.84 bits per heavy atom. The first-order valence-corrected chi connectivity index (χ1v) is 11.4. The van der Waals surface area contributed by atoms with Crippen molar-refractivity contribution in [1.82, 2.24) is 20.5 Å². The Hall–Kier alpha value is -1.43. The van der Waals surface area contributed by atoms with Gasteiger partial charge in [0.15, 0.2) is 5.96 Å². The average Bonchev–Trinajstić information content (AvgIpc) is 3.45. The number of hydrogen-bond acceptors (Lipinski definition) is 4. The number of guanidine groups is 1. The van der Waals surface area contributed by atoms with Crippen LogP contribution in [0.1, 0.15) is 18.9 Å². The van der Waals surface area contributed by atoms with E-state index in [0.29, 0.717) is 12.0 Å². The molecule has 178 valence electrons. The van der Waals surface area contributed by atoms with Crippen LogP contribution < -0.4 is 10.6 Å². The average molecular weight is 559 g/mol. The Morgan fingerprint density at radius 2 is 2.09 bits per heavy atom. The van der Waals surface area contributed by atoms with Gasteiger partial charge < -0.3 is 25.1 Å². The van der Waals surface area contributed by atoms with Crippen LogP contribution in [0.15, 0.2) is 29.4 Å². The van der Waals surface area contributed by atoms with Crippen molar-refractivity contribution in [2.75, 3.05) is 59.2 Å². The smallest absolute Gasteiger partial charge is 0.191 e. The molecule has 0 aliphatic carbocycles. The Labute approximate surface area is 206 Å². The molecule has 2 saturated heterocycles. The van der Waals surface area contributed by atoms with Gasteiger partial charge in [0.1, 0.15) is 5.82 Å². The molecule has 2 aliphatic heterocycles. The molecule has 0 amide bonds. The van der Waals surface area contributed by atoms with Crippen LogP contribution in [0.2, 0.25) is 0 Å². The van der Waals surface area contributed by atoms with E-state index in [1.54, 1.807) is 0 Å². The maximum atomic E-state index is 13.4. The Balaban J connectivity index is 0.00000289. The van der Waals surface area contributed by atoms with E-state index in [1.807, 2.05) is 12.3 Å². The summed E-state index contributed by atoms with van der Waals surface area (Å²) in [5.41, 5.74) is 2.01. The van der Waals surface area contributed by atoms with Crippen molar-refractivity contribution in [3.63, 3.8) is 0 Å². The summed E-state index contributed by atoms with van der Waals surface area (Å²) >= 11 is 0. The summed E-state index contributed by atoms with van der Waals surface area (Å²) in [6.07, 6.45) is 3.90. The van der Waals surface area contributed by atoms with Crippen LogP contribution in [-0.2, 0) is 15.9 Å². The Morgan fingerprint density at radius 1 is 1.25 bits per heavy atom. The fourth-order valence-corrected chi connectivity index (χ4v) is 4.54. The summed E-state index contributed by atoms with van der Waals surface area (Å²) < 4.78 is 24.6. The van der Waals surface area contributed by atoms with Gasteiger partial charge in [-0.25, -0.2) is 4.39 Å². The molecule has 0 spiro atoms. The van der Waals surface area contributed by atoms with E-state index in [9.17, 15) is 4.39 Å². The zero-order chi connectivity index (χ0) is 21.5. The first-order chi connectivity index (χ1) is 15.2. The molecule has 2 atom stereocenters. The lowest BCUT2D eigenvalue weighted by Gasteiger charge is -2.36. The number of aromatic nitrogens is 1. The molecule has 4 rings (SSSR count). The zero-order valence-electron chi connectivity index (χ0n) is 18.7. The largest absolute Gasteiger partial charge is 0.381 e. The summed E-state index contributed by atoms with van der Waals surface area (Å²) in [5.74, 6) is 1.14. The highest BCUT2D eigenvalue weighted by Crippen LogP contribution is 2.23. The quantitative estimate of drug-likeness (QED) is 0.264. The van der Waals surface area contributed by atoms with Gasteiger partial charge in [0.2, 0.25) is 0 Å². The molecule has 2 fully saturated rings. The van der Waals surface area contributed by atoms with Gasteiger partial charge in [-0.2, -0.15) is 0 Å². The molecule has 3 N–H and O–H groups in total. The molecule has 9 heteroatoms. The van der Waals surface area contributed by atoms with Crippen molar-refractivity contribution in [2.45, 2.75) is 25.8 Å². The number of H-pyrrole nitrogens is 1. The molecular weight excluding hydrogens is 524 g/mol. The second-order valence-electron chi connectivity index (χ2n) is 8.24. The van der Waals surface area contributed by atoms with E-state index in [4.69, 9.17) is 14.5 Å². The van der Waals surface area contributed by atoms with Crippen molar-refractivity contribution in [2.24, 2.45) is 10.9 Å². The number of nitrogens with one attached hydrogen (secondary N) is 3. The first kappa shape index (κ1) is 25.2. The fraction of sp³-hybridized carbons (Fsp3) is 0.609. The number of rotatable bonds is 8. The summed E-state index contributed by atoms with van der Waals surface area (Å²) in [7, 11) is 0. The molecule has 0 saturated carbocycles. The van der Waals surface area contributed by atoms with E-state index in [2.05, 4.69) is 27.4 Å². The maximum Gasteiger partial charge on any atom is 0.191 e. The number of nitrogens with zero attached hydrogens (tertiary/aromatic N) is 2. The molecule has 1 aromatic carbocycles. The van der Waals surface area contributed by atoms with Gasteiger partial charge in [-0.15, -0.1) is 24.0 Å². The van der Waals surface area contributed by atoms with Crippen molar-refractivity contribution < 1.29 is 13.9 Å². The van der Waals surface area contributed by atoms with Gasteiger partial charge in [-0.1, -0.05) is 0 Å². The van der Waals surface area contributed by atoms with Crippen molar-refractivity contribution in [3.8, 4) is 0 Å². The van der Waals surface area contributed by atoms with E-state index in [0.717, 1.165) is 88.9 Å². The number of ether oxygens (including phenoxy) is 2. The summed E-state index contributed by atoms with van der Waals surface area (Å²) in [6.45, 7) is 9.57. The minimum absolute atomic E-state index is 0. The van der Waals surface area contributed by atoms with Crippen LogP contribution >= 0.6 is 24.0 Å². The van der Waals surface area contributed by atoms with Crippen molar-refractivity contribution in [1.29, 1.82) is 0 Å². The SMILES string of the molecule is CCNC(=NCC(C1CCOC1)N1CCOCC1)NCCc1c[nH]c2cc(F)ccc12.I. The lowest BCUT2D eigenvalue weighted by atomic mass is 9.97. The monoisotopic (exact) mass is 559 g/mol. The first-order valence-electron chi connectivity index (χ1n) is 11.4. The van der Waals surface area contributed by atoms with E-state index < -0.39 is 0 Å². The number of aliphatic imine (C=N–C) groups is 1. The highest BCUT2D eigenvalue weighted by Gasteiger charge is 2.31. The third-order valence-electron chi connectivity index (χ3n) is 6.22. The fourth-order valence-electron chi connectivity index (χ4n) is 4.54. The molecule has 0 bridgehead atoms. The zero-order valence-corrected chi connectivity index (χ0v) is 21.1. The third kappa shape index (κ3) is 6.55. The minimum Gasteiger partial charge on any atom is -0.381 e. The predicted molar refractivity (Wildman–Crippen MR) is 136 cm³/mol. The standard InChI is InChI=1S/C23H34FN5O2.HI/c1-2-25-23(26-7-5-17-14-27-21-13-19(24)3-4-20(17)21)28-15-22(18-6-10-31-16-18)29-8-11-30-12-9-29;/h3-4,13-14,18,22,27H,2,5-12,15-16H2,1H3,(H2,25,26,28);1H. The number of halogens is 2. The van der Waals surface area contributed by atoms with Crippen molar-refractivity contribution >= 4 is 40.8 Å². The van der Waals surface area contributed by atoms with Gasteiger partial charge in [-0.05, 0) is 43.5 Å². The van der Waals surface area contributed by atoms with Crippen molar-refractivity contribution in [3.05, 3.63) is 35.8 Å². The van der Waals surface area contributed by atoms with E-state index >= 15 is 0 Å². The number of benzene rings is 1. The van der Waals surface area contributed by atoms with Gasteiger partial charge in [0.25, 0.3) is 0 Å². The maximum absolute atomic E-state index is 13.4. The summed E-state index contributed by atoms with van der Waals surface area (Å²) in [4.78, 5) is 10.6. The number of morpholine rings is 1. The molecule has 2 aromatic rings. The van der Waals surface area contributed by atoms with E-state index in [1.165, 1.54) is 17.7 Å². The highest BCUT2D eigenvalue weighted by molar-refractivity contribution is 14.0. The third-order valence-corrected chi connectivity index (χ3v) is 6.22. The lowest BCUT2D eigenvalue weighted by Crippen LogP contribution is -2.49. The van der Waals surface area contributed by atoms with Crippen LogP contribution in [-0.4, -0.2) is 81.0 Å². The summed E-state index contributed by atoms with van der Waals surface area (Å²) in [5, 5.41) is 7.89. The van der Waals surface area contributed by atoms with Crippen LogP contribution in [0.4, 0.5) is 4.39 Å². The van der Waals surface area contributed by atoms with Crippen LogP contribution in [0, 0.1) is 11.7 Å². The highest BCUT2D eigenvalue weighted by atomic mass is 127. The molecule has 2 unspecified atom stereocenters. The Kier molecular flexibility index (Phi) is 10.0. The number of hydrogen-bond donors (Lipinski definition) is 3. The topological polar surface area (TPSA) is 73.9 Å². The molecule has 3 heterocycles. The second-order valence-corrected chi connectivity index (χ2v) is 8.24. The molecular formula is C23H35FIN5O2.